The number of phosphoric acid groups is 1. The normalized spacial score (nSPS) is 13.5. The van der Waals surface area contributed by atoms with Gasteiger partial charge in [0.15, 0.2) is 6.10 Å². The van der Waals surface area contributed by atoms with E-state index in [9.17, 15) is 19.0 Å². The number of unbranched alkanes of at least 4 members (excludes halogenated alkanes) is 26. The zero-order valence-corrected chi connectivity index (χ0v) is 38.4. The van der Waals surface area contributed by atoms with Gasteiger partial charge in [-0.25, -0.2) is 4.57 Å². The maximum absolute atomic E-state index is 12.6. The number of hydrogen-bond donors (Lipinski definition) is 2. The van der Waals surface area contributed by atoms with Crippen LogP contribution in [0.2, 0.25) is 0 Å². The van der Waals surface area contributed by atoms with Crippen LogP contribution in [0.4, 0.5) is 0 Å². The van der Waals surface area contributed by atoms with Crippen LogP contribution in [0.15, 0.2) is 36.5 Å². The van der Waals surface area contributed by atoms with E-state index in [1.54, 1.807) is 0 Å². The molecule has 0 spiro atoms. The molecule has 0 aliphatic heterocycles. The van der Waals surface area contributed by atoms with Crippen molar-refractivity contribution < 1.29 is 37.6 Å². The highest BCUT2D eigenvalue weighted by molar-refractivity contribution is 7.47. The second kappa shape index (κ2) is 44.8. The highest BCUT2D eigenvalue weighted by Gasteiger charge is 2.26. The number of rotatable bonds is 45. The van der Waals surface area contributed by atoms with Gasteiger partial charge >= 0.3 is 19.8 Å². The molecular weight excluding hydrogens is 750 g/mol. The number of carbonyl (C=O) groups is 2. The van der Waals surface area contributed by atoms with Crippen LogP contribution in [-0.4, -0.2) is 49.3 Å². The summed E-state index contributed by atoms with van der Waals surface area (Å²) in [5, 5.41) is 0. The van der Waals surface area contributed by atoms with Crippen LogP contribution in [0.1, 0.15) is 226 Å². The second-order valence-electron chi connectivity index (χ2n) is 16.0. The quantitative estimate of drug-likeness (QED) is 0.0266. The van der Waals surface area contributed by atoms with Crippen molar-refractivity contribution in [3.63, 3.8) is 0 Å². The Kier molecular flexibility index (Phi) is 43.4. The highest BCUT2D eigenvalue weighted by Crippen LogP contribution is 2.43. The Morgan fingerprint density at radius 2 is 0.948 bits per heavy atom. The van der Waals surface area contributed by atoms with E-state index in [1.165, 1.54) is 122 Å². The van der Waals surface area contributed by atoms with E-state index in [0.29, 0.717) is 12.8 Å². The molecule has 0 fully saturated rings. The fourth-order valence-corrected chi connectivity index (χ4v) is 7.53. The summed E-state index contributed by atoms with van der Waals surface area (Å²) in [5.74, 6) is -0.840. The second-order valence-corrected chi connectivity index (χ2v) is 17.4. The lowest BCUT2D eigenvalue weighted by atomic mass is 10.0. The number of carbonyl (C=O) groups excluding carboxylic acids is 2. The van der Waals surface area contributed by atoms with Crippen molar-refractivity contribution in [2.75, 3.05) is 26.4 Å². The molecule has 58 heavy (non-hydrogen) atoms. The standard InChI is InChI=1S/C48H90NO8P/c1-3-5-7-9-11-13-15-17-19-20-21-22-23-24-25-27-29-31-33-35-37-39-41-48(51)57-46(45-56-58(52,53)55-43-42-49)44-54-47(50)40-38-36-34-32-30-28-26-18-16-14-12-10-8-6-4-2/h6,8,12,14,18,26,46H,3-5,7,9-11,13,15-17,19-25,27-45,49H2,1-2H3,(H,52,53)/b8-6+,14-12+,26-18+/t46-/m1/s1. The van der Waals surface area contributed by atoms with Crippen molar-refractivity contribution in [2.24, 2.45) is 5.73 Å². The van der Waals surface area contributed by atoms with E-state index in [4.69, 9.17) is 24.3 Å². The molecule has 0 heterocycles. The summed E-state index contributed by atoms with van der Waals surface area (Å²) in [7, 11) is -4.38. The monoisotopic (exact) mass is 840 g/mol. The topological polar surface area (TPSA) is 134 Å². The molecule has 0 saturated heterocycles. The minimum absolute atomic E-state index is 0.0516. The summed E-state index contributed by atoms with van der Waals surface area (Å²) >= 11 is 0. The molecule has 0 bridgehead atoms. The maximum Gasteiger partial charge on any atom is 0.472 e. The number of esters is 2. The Morgan fingerprint density at radius 1 is 0.534 bits per heavy atom. The molecule has 3 N–H and O–H groups in total. The largest absolute Gasteiger partial charge is 0.472 e. The van der Waals surface area contributed by atoms with Gasteiger partial charge in [0.1, 0.15) is 6.61 Å². The van der Waals surface area contributed by atoms with E-state index in [2.05, 4.69) is 50.3 Å². The molecule has 340 valence electrons. The van der Waals surface area contributed by atoms with Crippen molar-refractivity contribution >= 4 is 19.8 Å². The van der Waals surface area contributed by atoms with Crippen LogP contribution >= 0.6 is 7.82 Å². The molecule has 0 saturated carbocycles. The van der Waals surface area contributed by atoms with Crippen LogP contribution in [-0.2, 0) is 32.7 Å². The van der Waals surface area contributed by atoms with Crippen LogP contribution in [0.3, 0.4) is 0 Å². The van der Waals surface area contributed by atoms with Crippen molar-refractivity contribution in [1.82, 2.24) is 0 Å². The average molecular weight is 840 g/mol. The molecule has 0 aliphatic rings. The first-order valence-electron chi connectivity index (χ1n) is 24.0. The van der Waals surface area contributed by atoms with Gasteiger partial charge in [-0.1, -0.05) is 204 Å². The van der Waals surface area contributed by atoms with E-state index in [1.807, 2.05) is 0 Å². The van der Waals surface area contributed by atoms with Gasteiger partial charge in [-0.05, 0) is 44.9 Å². The summed E-state index contributed by atoms with van der Waals surface area (Å²) in [6.45, 7) is 3.63. The number of phosphoric ester groups is 1. The third-order valence-corrected chi connectivity index (χ3v) is 11.3. The Balaban J connectivity index is 4.05. The summed E-state index contributed by atoms with van der Waals surface area (Å²) in [6, 6.07) is 0. The Bertz CT molecular complexity index is 1050. The molecule has 0 rings (SSSR count). The highest BCUT2D eigenvalue weighted by atomic mass is 31.2. The third-order valence-electron chi connectivity index (χ3n) is 10.3. The van der Waals surface area contributed by atoms with Crippen molar-refractivity contribution in [3.8, 4) is 0 Å². The molecule has 0 aromatic carbocycles. The van der Waals surface area contributed by atoms with Gasteiger partial charge in [0.2, 0.25) is 0 Å². The fraction of sp³-hybridized carbons (Fsp3) is 0.833. The lowest BCUT2D eigenvalue weighted by Crippen LogP contribution is -2.29. The van der Waals surface area contributed by atoms with E-state index in [-0.39, 0.29) is 32.6 Å². The molecule has 10 heteroatoms. The average Bonchev–Trinajstić information content (AvgIpc) is 3.21. The van der Waals surface area contributed by atoms with Crippen LogP contribution < -0.4 is 5.73 Å². The third kappa shape index (κ3) is 43.8. The van der Waals surface area contributed by atoms with Crippen LogP contribution in [0.5, 0.6) is 0 Å². The van der Waals surface area contributed by atoms with E-state index < -0.39 is 32.5 Å². The van der Waals surface area contributed by atoms with E-state index in [0.717, 1.165) is 64.2 Å². The minimum Gasteiger partial charge on any atom is -0.462 e. The lowest BCUT2D eigenvalue weighted by Gasteiger charge is -2.19. The smallest absolute Gasteiger partial charge is 0.462 e. The molecule has 9 nitrogen and oxygen atoms in total. The van der Waals surface area contributed by atoms with Gasteiger partial charge in [0.25, 0.3) is 0 Å². The molecule has 0 radical (unpaired) electrons. The molecule has 1 unspecified atom stereocenters. The lowest BCUT2D eigenvalue weighted by molar-refractivity contribution is -0.161. The number of ether oxygens (including phenoxy) is 2. The first kappa shape index (κ1) is 56.2. The molecule has 2 atom stereocenters. The van der Waals surface area contributed by atoms with Crippen molar-refractivity contribution in [3.05, 3.63) is 36.5 Å². The van der Waals surface area contributed by atoms with Gasteiger partial charge in [0, 0.05) is 19.4 Å². The fourth-order valence-electron chi connectivity index (χ4n) is 6.77. The minimum atomic E-state index is -4.38. The predicted molar refractivity (Wildman–Crippen MR) is 243 cm³/mol. The molecule has 0 amide bonds. The van der Waals surface area contributed by atoms with Crippen molar-refractivity contribution in [1.29, 1.82) is 0 Å². The first-order chi connectivity index (χ1) is 28.3. The van der Waals surface area contributed by atoms with Gasteiger partial charge < -0.3 is 20.1 Å². The zero-order chi connectivity index (χ0) is 42.5. The van der Waals surface area contributed by atoms with Gasteiger partial charge in [0.05, 0.1) is 13.2 Å². The summed E-state index contributed by atoms with van der Waals surface area (Å²) in [4.78, 5) is 35.0. The Hall–Kier alpha value is -1.77. The van der Waals surface area contributed by atoms with Gasteiger partial charge in [-0.3, -0.25) is 18.6 Å². The molecular formula is C48H90NO8P. The molecule has 0 aromatic rings. The van der Waals surface area contributed by atoms with E-state index >= 15 is 0 Å². The number of nitrogens with two attached hydrogens (primary N) is 1. The van der Waals surface area contributed by atoms with Gasteiger partial charge in [-0.15, -0.1) is 0 Å². The van der Waals surface area contributed by atoms with Gasteiger partial charge in [-0.2, -0.15) is 0 Å². The summed E-state index contributed by atoms with van der Waals surface area (Å²) in [5.41, 5.74) is 5.36. The Morgan fingerprint density at radius 3 is 1.41 bits per heavy atom. The number of hydrogen-bond acceptors (Lipinski definition) is 8. The van der Waals surface area contributed by atoms with Crippen molar-refractivity contribution in [2.45, 2.75) is 232 Å². The first-order valence-corrected chi connectivity index (χ1v) is 25.5. The van der Waals surface area contributed by atoms with Crippen LogP contribution in [0.25, 0.3) is 0 Å². The predicted octanol–water partition coefficient (Wildman–Crippen LogP) is 14.1. The summed E-state index contributed by atoms with van der Waals surface area (Å²) < 4.78 is 32.8. The van der Waals surface area contributed by atoms with Crippen LogP contribution in [0, 0.1) is 0 Å². The maximum atomic E-state index is 12.6. The molecule has 0 aromatic heterocycles. The number of allylic oxidation sites excluding steroid dienone is 6. The zero-order valence-electron chi connectivity index (χ0n) is 37.5. The summed E-state index contributed by atoms with van der Waals surface area (Å²) in [6.07, 6.45) is 50.4. The molecule has 0 aliphatic carbocycles. The SMILES string of the molecule is CC/C=C/C/C=C/C/C=C/CCCCCCCC(=O)OC[C@H](COP(=O)(O)OCCN)OC(=O)CCCCCCCCCCCCCCCCCCCCCCCC. The Labute approximate surface area is 356 Å².